The SMILES string of the molecule is Cn1ncc(O[C@H]2CC[C@H](NCC3COc4ccccc4O3)CC2)nc1=O. The third kappa shape index (κ3) is 4.39. The topological polar surface area (TPSA) is 87.5 Å². The average molecular weight is 372 g/mol. The number of fused-ring (bicyclic) bond motifs is 1. The van der Waals surface area contributed by atoms with Crippen LogP contribution in [0.25, 0.3) is 0 Å². The fourth-order valence-corrected chi connectivity index (χ4v) is 3.46. The summed E-state index contributed by atoms with van der Waals surface area (Å²) in [5.74, 6) is 1.92. The van der Waals surface area contributed by atoms with Gasteiger partial charge in [-0.25, -0.2) is 9.48 Å². The Morgan fingerprint density at radius 3 is 2.78 bits per heavy atom. The number of nitrogens with zero attached hydrogens (tertiary/aromatic N) is 3. The maximum Gasteiger partial charge on any atom is 0.367 e. The van der Waals surface area contributed by atoms with E-state index in [-0.39, 0.29) is 12.2 Å². The van der Waals surface area contributed by atoms with Gasteiger partial charge in [-0.15, -0.1) is 0 Å². The minimum atomic E-state index is -0.404. The normalized spacial score (nSPS) is 24.4. The largest absolute Gasteiger partial charge is 0.486 e. The second-order valence-electron chi connectivity index (χ2n) is 7.00. The molecular weight excluding hydrogens is 348 g/mol. The first-order chi connectivity index (χ1) is 13.2. The number of para-hydroxylation sites is 2. The Labute approximate surface area is 157 Å². The van der Waals surface area contributed by atoms with Gasteiger partial charge < -0.3 is 19.5 Å². The Balaban J connectivity index is 1.21. The van der Waals surface area contributed by atoms with E-state index in [9.17, 15) is 4.79 Å². The van der Waals surface area contributed by atoms with Crippen molar-refractivity contribution in [3.8, 4) is 17.4 Å². The van der Waals surface area contributed by atoms with E-state index in [4.69, 9.17) is 14.2 Å². The number of hydrogen-bond acceptors (Lipinski definition) is 7. The summed E-state index contributed by atoms with van der Waals surface area (Å²) >= 11 is 0. The van der Waals surface area contributed by atoms with E-state index < -0.39 is 5.69 Å². The number of benzene rings is 1. The number of hydrogen-bond donors (Lipinski definition) is 1. The van der Waals surface area contributed by atoms with Crippen LogP contribution in [0.5, 0.6) is 17.4 Å². The third-order valence-electron chi connectivity index (χ3n) is 4.99. The van der Waals surface area contributed by atoms with Gasteiger partial charge in [0.15, 0.2) is 11.5 Å². The highest BCUT2D eigenvalue weighted by molar-refractivity contribution is 5.40. The predicted octanol–water partition coefficient (Wildman–Crippen LogP) is 1.29. The van der Waals surface area contributed by atoms with Gasteiger partial charge in [0.1, 0.15) is 25.0 Å². The van der Waals surface area contributed by atoms with Crippen molar-refractivity contribution in [3.05, 3.63) is 40.9 Å². The molecule has 0 spiro atoms. The fraction of sp³-hybridized carbons (Fsp3) is 0.526. The van der Waals surface area contributed by atoms with Crippen LogP contribution in [0.3, 0.4) is 0 Å². The molecule has 8 heteroatoms. The van der Waals surface area contributed by atoms with E-state index in [0.717, 1.165) is 43.7 Å². The van der Waals surface area contributed by atoms with Crippen molar-refractivity contribution in [1.82, 2.24) is 20.1 Å². The molecule has 0 radical (unpaired) electrons. The van der Waals surface area contributed by atoms with E-state index in [2.05, 4.69) is 15.4 Å². The molecule has 1 atom stereocenters. The number of rotatable bonds is 5. The van der Waals surface area contributed by atoms with Crippen LogP contribution in [-0.4, -0.2) is 46.2 Å². The van der Waals surface area contributed by atoms with Gasteiger partial charge in [-0.3, -0.25) is 0 Å². The maximum atomic E-state index is 11.5. The number of aromatic nitrogens is 3. The fourth-order valence-electron chi connectivity index (χ4n) is 3.46. The molecule has 1 aliphatic carbocycles. The van der Waals surface area contributed by atoms with E-state index in [1.807, 2.05) is 24.3 Å². The molecule has 2 aromatic rings. The van der Waals surface area contributed by atoms with Gasteiger partial charge in [-0.2, -0.15) is 10.1 Å². The van der Waals surface area contributed by atoms with Gasteiger partial charge in [0.25, 0.3) is 0 Å². The first kappa shape index (κ1) is 17.8. The zero-order valence-corrected chi connectivity index (χ0v) is 15.3. The van der Waals surface area contributed by atoms with Crippen LogP contribution in [0, 0.1) is 0 Å². The zero-order chi connectivity index (χ0) is 18.6. The van der Waals surface area contributed by atoms with Crippen molar-refractivity contribution < 1.29 is 14.2 Å². The molecule has 1 fully saturated rings. The van der Waals surface area contributed by atoms with Gasteiger partial charge in [0.05, 0.1) is 0 Å². The van der Waals surface area contributed by atoms with Gasteiger partial charge in [-0.05, 0) is 37.8 Å². The van der Waals surface area contributed by atoms with E-state index >= 15 is 0 Å². The molecule has 1 aromatic heterocycles. The molecule has 2 aliphatic rings. The lowest BCUT2D eigenvalue weighted by Gasteiger charge is -2.31. The summed E-state index contributed by atoms with van der Waals surface area (Å²) < 4.78 is 18.7. The van der Waals surface area contributed by atoms with Gasteiger partial charge in [0.2, 0.25) is 5.88 Å². The minimum absolute atomic E-state index is 0.0182. The van der Waals surface area contributed by atoms with E-state index in [1.54, 1.807) is 7.05 Å². The molecular formula is C19H24N4O4. The number of nitrogens with one attached hydrogen (secondary N) is 1. The molecule has 27 heavy (non-hydrogen) atoms. The maximum absolute atomic E-state index is 11.5. The summed E-state index contributed by atoms with van der Waals surface area (Å²) in [5, 5.41) is 7.52. The smallest absolute Gasteiger partial charge is 0.367 e. The molecule has 0 bridgehead atoms. The van der Waals surface area contributed by atoms with Crippen LogP contribution in [0.4, 0.5) is 0 Å². The van der Waals surface area contributed by atoms with Gasteiger partial charge >= 0.3 is 5.69 Å². The van der Waals surface area contributed by atoms with Gasteiger partial charge in [0, 0.05) is 19.6 Å². The van der Waals surface area contributed by atoms with Crippen LogP contribution >= 0.6 is 0 Å². The molecule has 8 nitrogen and oxygen atoms in total. The summed E-state index contributed by atoms with van der Waals surface area (Å²) in [4.78, 5) is 15.4. The summed E-state index contributed by atoms with van der Waals surface area (Å²) in [6.45, 7) is 1.31. The average Bonchev–Trinajstić information content (AvgIpc) is 2.70. The van der Waals surface area contributed by atoms with Crippen molar-refractivity contribution >= 4 is 0 Å². The lowest BCUT2D eigenvalue weighted by molar-refractivity contribution is 0.0822. The lowest BCUT2D eigenvalue weighted by Crippen LogP contribution is -2.44. The number of aryl methyl sites for hydroxylation is 1. The van der Waals surface area contributed by atoms with Crippen molar-refractivity contribution in [2.75, 3.05) is 13.2 Å². The standard InChI is InChI=1S/C19H24N4O4/c1-23-19(24)22-18(11-21-23)27-14-8-6-13(7-9-14)20-10-15-12-25-16-4-2-3-5-17(16)26-15/h2-5,11,13-15,20H,6-10,12H2,1H3/t13-,14-,15?. The highest BCUT2D eigenvalue weighted by Crippen LogP contribution is 2.31. The predicted molar refractivity (Wildman–Crippen MR) is 98.3 cm³/mol. The Morgan fingerprint density at radius 2 is 2.00 bits per heavy atom. The molecule has 0 amide bonds. The molecule has 1 saturated carbocycles. The van der Waals surface area contributed by atoms with Crippen LogP contribution in [0.15, 0.2) is 35.3 Å². The van der Waals surface area contributed by atoms with Crippen LogP contribution in [0.2, 0.25) is 0 Å². The van der Waals surface area contributed by atoms with E-state index in [0.29, 0.717) is 18.5 Å². The molecule has 1 aliphatic heterocycles. The summed E-state index contributed by atoms with van der Waals surface area (Å²) in [6.07, 6.45) is 5.43. The summed E-state index contributed by atoms with van der Waals surface area (Å²) in [7, 11) is 1.57. The molecule has 1 aromatic carbocycles. The Bertz CT molecular complexity index is 832. The monoisotopic (exact) mass is 372 g/mol. The molecule has 1 N–H and O–H groups in total. The Kier molecular flexibility index (Phi) is 5.24. The van der Waals surface area contributed by atoms with Gasteiger partial charge in [-0.1, -0.05) is 12.1 Å². The summed E-state index contributed by atoms with van der Waals surface area (Å²) in [5.41, 5.74) is -0.404. The Hall–Kier alpha value is -2.61. The summed E-state index contributed by atoms with van der Waals surface area (Å²) in [6, 6.07) is 8.18. The second-order valence-corrected chi connectivity index (χ2v) is 7.00. The van der Waals surface area contributed by atoms with Crippen molar-refractivity contribution in [3.63, 3.8) is 0 Å². The lowest BCUT2D eigenvalue weighted by atomic mass is 9.93. The molecule has 1 unspecified atom stereocenters. The number of ether oxygens (including phenoxy) is 3. The van der Waals surface area contributed by atoms with Crippen LogP contribution in [0.1, 0.15) is 25.7 Å². The van der Waals surface area contributed by atoms with Crippen molar-refractivity contribution in [2.45, 2.75) is 43.9 Å². The highest BCUT2D eigenvalue weighted by Gasteiger charge is 2.25. The zero-order valence-electron chi connectivity index (χ0n) is 15.3. The first-order valence-electron chi connectivity index (χ1n) is 9.36. The van der Waals surface area contributed by atoms with Crippen LogP contribution in [-0.2, 0) is 7.05 Å². The highest BCUT2D eigenvalue weighted by atomic mass is 16.6. The minimum Gasteiger partial charge on any atom is -0.486 e. The quantitative estimate of drug-likeness (QED) is 0.846. The Morgan fingerprint density at radius 1 is 1.22 bits per heavy atom. The second kappa shape index (κ2) is 7.96. The molecule has 2 heterocycles. The van der Waals surface area contributed by atoms with Crippen molar-refractivity contribution in [1.29, 1.82) is 0 Å². The molecule has 0 saturated heterocycles. The van der Waals surface area contributed by atoms with Crippen LogP contribution < -0.4 is 25.2 Å². The molecule has 4 rings (SSSR count). The van der Waals surface area contributed by atoms with Crippen molar-refractivity contribution in [2.24, 2.45) is 7.05 Å². The first-order valence-corrected chi connectivity index (χ1v) is 9.36. The molecule has 144 valence electrons. The van der Waals surface area contributed by atoms with E-state index in [1.165, 1.54) is 10.9 Å². The third-order valence-corrected chi connectivity index (χ3v) is 4.99.